The lowest BCUT2D eigenvalue weighted by Crippen LogP contribution is -2.25. The van der Waals surface area contributed by atoms with Gasteiger partial charge in [0.05, 0.1) is 11.3 Å². The normalized spacial score (nSPS) is 11.4. The van der Waals surface area contributed by atoms with E-state index in [9.17, 15) is 13.2 Å². The van der Waals surface area contributed by atoms with Crippen LogP contribution in [0.5, 0.6) is 0 Å². The standard InChI is InChI=1S/C12H17NO4S2/c1-18-8-2-7-13-19(16,17)11-5-3-10(4-6-11)9-12(14)15/h3-6,13H,2,7-9H2,1H3,(H,14,15). The molecule has 2 N–H and O–H groups in total. The van der Waals surface area contributed by atoms with Gasteiger partial charge in [0, 0.05) is 6.54 Å². The van der Waals surface area contributed by atoms with Crippen molar-refractivity contribution < 1.29 is 18.3 Å². The fraction of sp³-hybridized carbons (Fsp3) is 0.417. The van der Waals surface area contributed by atoms with Gasteiger partial charge in [-0.3, -0.25) is 4.79 Å². The van der Waals surface area contributed by atoms with Crippen LogP contribution >= 0.6 is 11.8 Å². The topological polar surface area (TPSA) is 83.5 Å². The van der Waals surface area contributed by atoms with Crippen molar-refractivity contribution in [2.24, 2.45) is 0 Å². The highest BCUT2D eigenvalue weighted by molar-refractivity contribution is 7.98. The average Bonchev–Trinajstić information content (AvgIpc) is 2.35. The van der Waals surface area contributed by atoms with Crippen molar-refractivity contribution in [2.45, 2.75) is 17.7 Å². The molecule has 1 aromatic carbocycles. The number of hydrogen-bond acceptors (Lipinski definition) is 4. The van der Waals surface area contributed by atoms with Crippen LogP contribution in [0.4, 0.5) is 0 Å². The molecule has 0 aliphatic carbocycles. The van der Waals surface area contributed by atoms with Gasteiger partial charge in [0.1, 0.15) is 0 Å². The molecule has 0 saturated heterocycles. The third kappa shape index (κ3) is 5.63. The summed E-state index contributed by atoms with van der Waals surface area (Å²) in [5, 5.41) is 8.63. The van der Waals surface area contributed by atoms with Crippen LogP contribution in [0.25, 0.3) is 0 Å². The van der Waals surface area contributed by atoms with E-state index in [-0.39, 0.29) is 11.3 Å². The van der Waals surface area contributed by atoms with E-state index in [0.717, 1.165) is 12.2 Å². The number of rotatable bonds is 8. The van der Waals surface area contributed by atoms with Crippen LogP contribution in [0.3, 0.4) is 0 Å². The van der Waals surface area contributed by atoms with Crippen LogP contribution in [0, 0.1) is 0 Å². The molecule has 7 heteroatoms. The van der Waals surface area contributed by atoms with Crippen LogP contribution in [0.1, 0.15) is 12.0 Å². The van der Waals surface area contributed by atoms with Gasteiger partial charge in [-0.15, -0.1) is 0 Å². The molecule has 0 bridgehead atoms. The zero-order chi connectivity index (χ0) is 14.3. The maximum atomic E-state index is 11.9. The second kappa shape index (κ2) is 7.52. The lowest BCUT2D eigenvalue weighted by Gasteiger charge is -2.07. The first kappa shape index (κ1) is 16.0. The van der Waals surface area contributed by atoms with Gasteiger partial charge in [-0.2, -0.15) is 11.8 Å². The maximum absolute atomic E-state index is 11.9. The van der Waals surface area contributed by atoms with Gasteiger partial charge in [-0.25, -0.2) is 13.1 Å². The zero-order valence-electron chi connectivity index (χ0n) is 10.6. The number of hydrogen-bond donors (Lipinski definition) is 2. The Morgan fingerprint density at radius 2 is 1.95 bits per heavy atom. The maximum Gasteiger partial charge on any atom is 0.307 e. The van der Waals surface area contributed by atoms with E-state index in [0.29, 0.717) is 12.1 Å². The Morgan fingerprint density at radius 1 is 1.32 bits per heavy atom. The minimum Gasteiger partial charge on any atom is -0.481 e. The summed E-state index contributed by atoms with van der Waals surface area (Å²) in [5.74, 6) is -0.0362. The summed E-state index contributed by atoms with van der Waals surface area (Å²) in [6.07, 6.45) is 2.63. The van der Waals surface area contributed by atoms with Crippen LogP contribution < -0.4 is 4.72 Å². The second-order valence-electron chi connectivity index (χ2n) is 3.96. The molecule has 19 heavy (non-hydrogen) atoms. The van der Waals surface area contributed by atoms with E-state index in [2.05, 4.69) is 4.72 Å². The Morgan fingerprint density at radius 3 is 2.47 bits per heavy atom. The van der Waals surface area contributed by atoms with Crippen molar-refractivity contribution in [3.8, 4) is 0 Å². The second-order valence-corrected chi connectivity index (χ2v) is 6.71. The molecular weight excluding hydrogens is 286 g/mol. The molecule has 0 heterocycles. The average molecular weight is 303 g/mol. The summed E-state index contributed by atoms with van der Waals surface area (Å²) >= 11 is 1.67. The summed E-state index contributed by atoms with van der Waals surface area (Å²) in [6.45, 7) is 0.403. The predicted molar refractivity (Wildman–Crippen MR) is 76.0 cm³/mol. The highest BCUT2D eigenvalue weighted by atomic mass is 32.2. The summed E-state index contributed by atoms with van der Waals surface area (Å²) in [7, 11) is -3.49. The van der Waals surface area contributed by atoms with Gasteiger partial charge in [0.25, 0.3) is 0 Å². The number of carboxylic acid groups (broad SMARTS) is 1. The number of carbonyl (C=O) groups is 1. The summed E-state index contributed by atoms with van der Waals surface area (Å²) in [5.41, 5.74) is 0.578. The summed E-state index contributed by atoms with van der Waals surface area (Å²) < 4.78 is 26.3. The van der Waals surface area contributed by atoms with Gasteiger partial charge in [-0.1, -0.05) is 12.1 Å². The molecule has 1 aromatic rings. The van der Waals surface area contributed by atoms with Gasteiger partial charge in [0.15, 0.2) is 0 Å². The van der Waals surface area contributed by atoms with Crippen molar-refractivity contribution in [1.29, 1.82) is 0 Å². The van der Waals surface area contributed by atoms with Crippen LogP contribution in [-0.2, 0) is 21.2 Å². The molecule has 0 aromatic heterocycles. The van der Waals surface area contributed by atoms with E-state index in [4.69, 9.17) is 5.11 Å². The Bertz CT molecular complexity index is 511. The highest BCUT2D eigenvalue weighted by Gasteiger charge is 2.13. The van der Waals surface area contributed by atoms with Crippen molar-refractivity contribution in [1.82, 2.24) is 4.72 Å². The number of thioether (sulfide) groups is 1. The van der Waals surface area contributed by atoms with Crippen LogP contribution in [-0.4, -0.2) is 38.0 Å². The highest BCUT2D eigenvalue weighted by Crippen LogP contribution is 2.11. The molecule has 0 spiro atoms. The fourth-order valence-electron chi connectivity index (χ4n) is 1.47. The molecule has 0 atom stereocenters. The molecule has 0 amide bonds. The van der Waals surface area contributed by atoms with Crippen molar-refractivity contribution in [3.05, 3.63) is 29.8 Å². The molecule has 5 nitrogen and oxygen atoms in total. The molecule has 0 aliphatic heterocycles. The quantitative estimate of drug-likeness (QED) is 0.708. The van der Waals surface area contributed by atoms with Gasteiger partial charge < -0.3 is 5.11 Å². The predicted octanol–water partition coefficient (Wildman–Crippen LogP) is 1.35. The van der Waals surface area contributed by atoms with Crippen molar-refractivity contribution >= 4 is 27.8 Å². The zero-order valence-corrected chi connectivity index (χ0v) is 12.3. The van der Waals surface area contributed by atoms with Gasteiger partial charge >= 0.3 is 5.97 Å². The first-order valence-electron chi connectivity index (χ1n) is 5.75. The fourth-order valence-corrected chi connectivity index (χ4v) is 2.97. The van der Waals surface area contributed by atoms with Gasteiger partial charge in [-0.05, 0) is 36.1 Å². The SMILES string of the molecule is CSCCCNS(=O)(=O)c1ccc(CC(=O)O)cc1. The Labute approximate surface area is 117 Å². The van der Waals surface area contributed by atoms with Crippen LogP contribution in [0.2, 0.25) is 0 Å². The number of benzene rings is 1. The van der Waals surface area contributed by atoms with E-state index >= 15 is 0 Å². The Kier molecular flexibility index (Phi) is 6.33. The largest absolute Gasteiger partial charge is 0.481 e. The minimum absolute atomic E-state index is 0.110. The number of aliphatic carboxylic acids is 1. The van der Waals surface area contributed by atoms with Gasteiger partial charge in [0.2, 0.25) is 10.0 Å². The Balaban J connectivity index is 2.65. The smallest absolute Gasteiger partial charge is 0.307 e. The van der Waals surface area contributed by atoms with Crippen molar-refractivity contribution in [2.75, 3.05) is 18.6 Å². The monoisotopic (exact) mass is 303 g/mol. The first-order valence-corrected chi connectivity index (χ1v) is 8.63. The van der Waals surface area contributed by atoms with E-state index in [1.165, 1.54) is 24.3 Å². The third-order valence-electron chi connectivity index (χ3n) is 2.41. The lowest BCUT2D eigenvalue weighted by molar-refractivity contribution is -0.136. The Hall–Kier alpha value is -1.05. The molecular formula is C12H17NO4S2. The summed E-state index contributed by atoms with van der Waals surface area (Å²) in [4.78, 5) is 10.7. The summed E-state index contributed by atoms with van der Waals surface area (Å²) in [6, 6.07) is 5.89. The molecule has 0 radical (unpaired) electrons. The first-order chi connectivity index (χ1) is 8.95. The van der Waals surface area contributed by atoms with E-state index in [1.54, 1.807) is 11.8 Å². The molecule has 1 rings (SSSR count). The molecule has 0 saturated carbocycles. The van der Waals surface area contributed by atoms with E-state index in [1.807, 2.05) is 6.26 Å². The molecule has 106 valence electrons. The third-order valence-corrected chi connectivity index (χ3v) is 4.58. The van der Waals surface area contributed by atoms with Crippen LogP contribution in [0.15, 0.2) is 29.2 Å². The lowest BCUT2D eigenvalue weighted by atomic mass is 10.2. The molecule has 0 fully saturated rings. The minimum atomic E-state index is -3.49. The number of nitrogens with one attached hydrogen (secondary N) is 1. The molecule has 0 aliphatic rings. The van der Waals surface area contributed by atoms with E-state index < -0.39 is 16.0 Å². The number of sulfonamides is 1. The van der Waals surface area contributed by atoms with Crippen molar-refractivity contribution in [3.63, 3.8) is 0 Å². The molecule has 0 unspecified atom stereocenters. The number of carboxylic acids is 1.